The number of ether oxygens (including phenoxy) is 1. The molecule has 2 aromatic rings. The van der Waals surface area contributed by atoms with Gasteiger partial charge in [0.15, 0.2) is 0 Å². The van der Waals surface area contributed by atoms with Crippen molar-refractivity contribution in [3.8, 4) is 16.9 Å². The van der Waals surface area contributed by atoms with E-state index in [-0.39, 0.29) is 0 Å². The molecule has 27 heavy (non-hydrogen) atoms. The van der Waals surface area contributed by atoms with Gasteiger partial charge < -0.3 is 4.74 Å². The molecule has 0 atom stereocenters. The molecule has 148 valence electrons. The SMILES string of the molecule is CCCCCCCCCCOc1ccc(-c2ccc(CCC)cc2)cc1Cl. The summed E-state index contributed by atoms with van der Waals surface area (Å²) in [5.74, 6) is 0.797. The Hall–Kier alpha value is -1.47. The molecule has 0 aromatic heterocycles. The Morgan fingerprint density at radius 2 is 1.33 bits per heavy atom. The molecule has 0 aliphatic heterocycles. The lowest BCUT2D eigenvalue weighted by molar-refractivity contribution is 0.304. The van der Waals surface area contributed by atoms with Gasteiger partial charge in [-0.25, -0.2) is 0 Å². The van der Waals surface area contributed by atoms with E-state index < -0.39 is 0 Å². The molecule has 0 aliphatic carbocycles. The number of benzene rings is 2. The molecule has 0 bridgehead atoms. The van der Waals surface area contributed by atoms with Crippen LogP contribution < -0.4 is 4.74 Å². The van der Waals surface area contributed by atoms with Crippen molar-refractivity contribution in [1.29, 1.82) is 0 Å². The summed E-state index contributed by atoms with van der Waals surface area (Å²) in [6, 6.07) is 14.9. The van der Waals surface area contributed by atoms with Crippen LogP contribution in [0.2, 0.25) is 5.02 Å². The predicted octanol–water partition coefficient (Wildman–Crippen LogP) is 8.48. The zero-order chi connectivity index (χ0) is 19.3. The average molecular weight is 387 g/mol. The Kier molecular flexibility index (Phi) is 10.4. The van der Waals surface area contributed by atoms with Gasteiger partial charge in [-0.15, -0.1) is 0 Å². The van der Waals surface area contributed by atoms with E-state index >= 15 is 0 Å². The summed E-state index contributed by atoms with van der Waals surface area (Å²) >= 11 is 6.45. The molecule has 0 saturated carbocycles. The van der Waals surface area contributed by atoms with E-state index in [0.29, 0.717) is 5.02 Å². The van der Waals surface area contributed by atoms with E-state index in [0.717, 1.165) is 30.8 Å². The highest BCUT2D eigenvalue weighted by atomic mass is 35.5. The van der Waals surface area contributed by atoms with E-state index in [9.17, 15) is 0 Å². The van der Waals surface area contributed by atoms with Crippen LogP contribution in [0.5, 0.6) is 5.75 Å². The smallest absolute Gasteiger partial charge is 0.137 e. The molecule has 0 radical (unpaired) electrons. The minimum Gasteiger partial charge on any atom is -0.492 e. The largest absolute Gasteiger partial charge is 0.492 e. The summed E-state index contributed by atoms with van der Waals surface area (Å²) < 4.78 is 5.89. The van der Waals surface area contributed by atoms with Gasteiger partial charge in [-0.05, 0) is 41.7 Å². The fourth-order valence-electron chi connectivity index (χ4n) is 3.37. The lowest BCUT2D eigenvalue weighted by Crippen LogP contribution is -1.98. The van der Waals surface area contributed by atoms with Crippen molar-refractivity contribution in [1.82, 2.24) is 0 Å². The second-order valence-electron chi connectivity index (χ2n) is 7.42. The first-order valence-electron chi connectivity index (χ1n) is 10.8. The standard InChI is InChI=1S/C25H35ClO/c1-3-5-6-7-8-9-10-11-19-27-25-18-17-23(20-24(25)26)22-15-13-21(12-4-2)14-16-22/h13-18,20H,3-12,19H2,1-2H3. The first kappa shape index (κ1) is 21.8. The third-order valence-corrected chi connectivity index (χ3v) is 5.31. The monoisotopic (exact) mass is 386 g/mol. The van der Waals surface area contributed by atoms with Crippen LogP contribution in [0.1, 0.15) is 77.2 Å². The summed E-state index contributed by atoms with van der Waals surface area (Å²) in [4.78, 5) is 0. The molecule has 0 fully saturated rings. The maximum absolute atomic E-state index is 6.45. The minimum atomic E-state index is 0.699. The van der Waals surface area contributed by atoms with Gasteiger partial charge >= 0.3 is 0 Å². The second-order valence-corrected chi connectivity index (χ2v) is 7.82. The van der Waals surface area contributed by atoms with Gasteiger partial charge in [0.2, 0.25) is 0 Å². The number of hydrogen-bond acceptors (Lipinski definition) is 1. The lowest BCUT2D eigenvalue weighted by atomic mass is 10.0. The zero-order valence-corrected chi connectivity index (χ0v) is 17.9. The van der Waals surface area contributed by atoms with Gasteiger partial charge in [-0.1, -0.05) is 107 Å². The molecule has 0 saturated heterocycles. The van der Waals surface area contributed by atoms with Crippen molar-refractivity contribution in [2.45, 2.75) is 78.1 Å². The van der Waals surface area contributed by atoms with Gasteiger partial charge in [0.05, 0.1) is 11.6 Å². The Bertz CT molecular complexity index is 648. The number of hydrogen-bond donors (Lipinski definition) is 0. The van der Waals surface area contributed by atoms with Gasteiger partial charge in [0.25, 0.3) is 0 Å². The van der Waals surface area contributed by atoms with E-state index in [1.54, 1.807) is 0 Å². The summed E-state index contributed by atoms with van der Waals surface area (Å²) in [5, 5.41) is 0.699. The van der Waals surface area contributed by atoms with Gasteiger partial charge in [-0.2, -0.15) is 0 Å². The molecular weight excluding hydrogens is 352 g/mol. The third-order valence-electron chi connectivity index (χ3n) is 5.01. The Morgan fingerprint density at radius 1 is 0.704 bits per heavy atom. The number of unbranched alkanes of at least 4 members (excludes halogenated alkanes) is 7. The second kappa shape index (κ2) is 12.8. The van der Waals surface area contributed by atoms with E-state index in [4.69, 9.17) is 16.3 Å². The number of aryl methyl sites for hydroxylation is 1. The first-order valence-corrected chi connectivity index (χ1v) is 11.1. The van der Waals surface area contributed by atoms with Crippen LogP contribution in [0, 0.1) is 0 Å². The predicted molar refractivity (Wildman–Crippen MR) is 119 cm³/mol. The maximum atomic E-state index is 6.45. The highest BCUT2D eigenvalue weighted by molar-refractivity contribution is 6.32. The van der Waals surface area contributed by atoms with Gasteiger partial charge in [-0.3, -0.25) is 0 Å². The molecule has 0 spiro atoms. The quantitative estimate of drug-likeness (QED) is 0.313. The summed E-state index contributed by atoms with van der Waals surface area (Å²) in [5.41, 5.74) is 3.73. The number of halogens is 1. The van der Waals surface area contributed by atoms with Crippen molar-refractivity contribution >= 4 is 11.6 Å². The van der Waals surface area contributed by atoms with Crippen LogP contribution in [-0.2, 0) is 6.42 Å². The Balaban J connectivity index is 1.74. The van der Waals surface area contributed by atoms with Crippen LogP contribution in [0.4, 0.5) is 0 Å². The fraction of sp³-hybridized carbons (Fsp3) is 0.520. The van der Waals surface area contributed by atoms with Crippen molar-refractivity contribution in [3.63, 3.8) is 0 Å². The first-order chi connectivity index (χ1) is 13.2. The van der Waals surface area contributed by atoms with Crippen LogP contribution >= 0.6 is 11.6 Å². The van der Waals surface area contributed by atoms with Crippen molar-refractivity contribution in [2.24, 2.45) is 0 Å². The molecule has 0 heterocycles. The number of rotatable bonds is 13. The molecule has 2 aromatic carbocycles. The highest BCUT2D eigenvalue weighted by Crippen LogP contribution is 2.31. The molecular formula is C25H35ClO. The van der Waals surface area contributed by atoms with E-state index in [1.807, 2.05) is 12.1 Å². The lowest BCUT2D eigenvalue weighted by Gasteiger charge is -2.10. The molecule has 0 aliphatic rings. The van der Waals surface area contributed by atoms with Crippen LogP contribution in [0.15, 0.2) is 42.5 Å². The van der Waals surface area contributed by atoms with Crippen molar-refractivity contribution in [2.75, 3.05) is 6.61 Å². The van der Waals surface area contributed by atoms with Crippen molar-refractivity contribution in [3.05, 3.63) is 53.1 Å². The molecule has 0 N–H and O–H groups in total. The zero-order valence-electron chi connectivity index (χ0n) is 17.1. The van der Waals surface area contributed by atoms with E-state index in [1.165, 1.54) is 62.5 Å². The van der Waals surface area contributed by atoms with Crippen LogP contribution in [-0.4, -0.2) is 6.61 Å². The topological polar surface area (TPSA) is 9.23 Å². The summed E-state index contributed by atoms with van der Waals surface area (Å²) in [6.45, 7) is 5.22. The Morgan fingerprint density at radius 3 is 1.96 bits per heavy atom. The summed E-state index contributed by atoms with van der Waals surface area (Å²) in [6.07, 6.45) is 12.8. The van der Waals surface area contributed by atoms with Crippen LogP contribution in [0.25, 0.3) is 11.1 Å². The molecule has 2 rings (SSSR count). The van der Waals surface area contributed by atoms with E-state index in [2.05, 4.69) is 44.2 Å². The molecule has 0 amide bonds. The van der Waals surface area contributed by atoms with Gasteiger partial charge in [0, 0.05) is 0 Å². The maximum Gasteiger partial charge on any atom is 0.137 e. The molecule has 2 heteroatoms. The van der Waals surface area contributed by atoms with Crippen molar-refractivity contribution < 1.29 is 4.74 Å². The molecule has 0 unspecified atom stereocenters. The minimum absolute atomic E-state index is 0.699. The van der Waals surface area contributed by atoms with Crippen LogP contribution in [0.3, 0.4) is 0 Å². The Labute approximate surface area is 171 Å². The third kappa shape index (κ3) is 7.97. The average Bonchev–Trinajstić information content (AvgIpc) is 2.68. The fourth-order valence-corrected chi connectivity index (χ4v) is 3.60. The van der Waals surface area contributed by atoms with Gasteiger partial charge in [0.1, 0.15) is 5.75 Å². The highest BCUT2D eigenvalue weighted by Gasteiger charge is 2.05. The molecule has 1 nitrogen and oxygen atoms in total. The summed E-state index contributed by atoms with van der Waals surface area (Å²) in [7, 11) is 0. The normalized spacial score (nSPS) is 10.9.